The molecule has 0 radical (unpaired) electrons. The van der Waals surface area contributed by atoms with Crippen LogP contribution in [0.3, 0.4) is 0 Å². The Morgan fingerprint density at radius 2 is 1.93 bits per heavy atom. The van der Waals surface area contributed by atoms with E-state index < -0.39 is 5.97 Å². The highest BCUT2D eigenvalue weighted by molar-refractivity contribution is 7.19. The number of carbonyl (C=O) groups is 1. The second kappa shape index (κ2) is 8.65. The summed E-state index contributed by atoms with van der Waals surface area (Å²) in [5.41, 5.74) is 1.21. The zero-order valence-corrected chi connectivity index (χ0v) is 17.1. The number of thiophene rings is 1. The minimum Gasteiger partial charge on any atom is -0.464 e. The maximum Gasteiger partial charge on any atom is 0.326 e. The zero-order chi connectivity index (χ0) is 20.3. The number of fused-ring (bicyclic) bond motifs is 1. The smallest absolute Gasteiger partial charge is 0.326 e. The quantitative estimate of drug-likeness (QED) is 0.428. The number of hydrogen-bond donors (Lipinski definition) is 0. The number of benzene rings is 1. The minimum atomic E-state index is -0.447. The molecule has 148 valence electrons. The highest BCUT2D eigenvalue weighted by atomic mass is 32.1. The summed E-state index contributed by atoms with van der Waals surface area (Å²) < 4.78 is 19.9. The van der Waals surface area contributed by atoms with Gasteiger partial charge in [-0.05, 0) is 38.0 Å². The number of hydrogen-bond acceptors (Lipinski definition) is 5. The Hall–Kier alpha value is -2.54. The summed E-state index contributed by atoms with van der Waals surface area (Å²) in [5, 5.41) is 0.457. The van der Waals surface area contributed by atoms with Crippen LogP contribution >= 0.6 is 11.3 Å². The first-order valence-corrected chi connectivity index (χ1v) is 10.2. The summed E-state index contributed by atoms with van der Waals surface area (Å²) in [6, 6.07) is 6.03. The summed E-state index contributed by atoms with van der Waals surface area (Å²) in [6.07, 6.45) is 2.85. The Balaban J connectivity index is 1.99. The van der Waals surface area contributed by atoms with Crippen LogP contribution in [0.15, 0.2) is 29.1 Å². The van der Waals surface area contributed by atoms with Crippen molar-refractivity contribution < 1.29 is 13.9 Å². The molecule has 0 bridgehead atoms. The average molecular weight is 402 g/mol. The largest absolute Gasteiger partial charge is 0.464 e. The Kier molecular flexibility index (Phi) is 6.24. The first kappa shape index (κ1) is 20.2. The van der Waals surface area contributed by atoms with Crippen molar-refractivity contribution in [2.24, 2.45) is 0 Å². The van der Waals surface area contributed by atoms with Crippen molar-refractivity contribution >= 4 is 27.5 Å². The first-order chi connectivity index (χ1) is 13.4. The molecule has 0 saturated carbocycles. The minimum absolute atomic E-state index is 0.169. The molecule has 28 heavy (non-hydrogen) atoms. The highest BCUT2D eigenvalue weighted by Crippen LogP contribution is 2.35. The SMILES string of the molecule is CCCCCOC(=O)Cn1c(C)nc2sc(C)c(-c3ccc(F)cc3)c2c1=O. The number of carbonyl (C=O) groups excluding carboxylic acids is 1. The lowest BCUT2D eigenvalue weighted by Crippen LogP contribution is -2.28. The van der Waals surface area contributed by atoms with Gasteiger partial charge >= 0.3 is 5.97 Å². The van der Waals surface area contributed by atoms with E-state index in [0.29, 0.717) is 22.6 Å². The Morgan fingerprint density at radius 3 is 2.61 bits per heavy atom. The van der Waals surface area contributed by atoms with Gasteiger partial charge in [0.25, 0.3) is 5.56 Å². The van der Waals surface area contributed by atoms with E-state index in [-0.39, 0.29) is 17.9 Å². The van der Waals surface area contributed by atoms with E-state index in [9.17, 15) is 14.0 Å². The maximum atomic E-state index is 13.3. The molecule has 2 aromatic heterocycles. The number of esters is 1. The fraction of sp³-hybridized carbons (Fsp3) is 0.381. The Morgan fingerprint density at radius 1 is 1.21 bits per heavy atom. The molecule has 2 heterocycles. The van der Waals surface area contributed by atoms with Gasteiger partial charge in [-0.25, -0.2) is 9.37 Å². The van der Waals surface area contributed by atoms with E-state index >= 15 is 0 Å². The van der Waals surface area contributed by atoms with Gasteiger partial charge in [0.1, 0.15) is 23.0 Å². The maximum absolute atomic E-state index is 13.3. The number of ether oxygens (including phenoxy) is 1. The molecule has 0 fully saturated rings. The third-order valence-electron chi connectivity index (χ3n) is 4.61. The van der Waals surface area contributed by atoms with Crippen LogP contribution in [0.4, 0.5) is 4.39 Å². The molecule has 0 amide bonds. The summed E-state index contributed by atoms with van der Waals surface area (Å²) >= 11 is 1.42. The van der Waals surface area contributed by atoms with Crippen molar-refractivity contribution in [2.75, 3.05) is 6.61 Å². The Bertz CT molecular complexity index is 1050. The predicted octanol–water partition coefficient (Wildman–Crippen LogP) is 4.61. The van der Waals surface area contributed by atoms with Gasteiger partial charge in [-0.2, -0.15) is 0 Å². The highest BCUT2D eigenvalue weighted by Gasteiger charge is 2.20. The number of halogens is 1. The van der Waals surface area contributed by atoms with Crippen molar-refractivity contribution in [3.05, 3.63) is 51.1 Å². The van der Waals surface area contributed by atoms with E-state index in [1.165, 1.54) is 28.0 Å². The van der Waals surface area contributed by atoms with Crippen LogP contribution in [0, 0.1) is 19.7 Å². The molecular formula is C21H23FN2O3S. The molecule has 0 aliphatic heterocycles. The van der Waals surface area contributed by atoms with Gasteiger partial charge in [-0.1, -0.05) is 31.9 Å². The number of nitrogens with zero attached hydrogens (tertiary/aromatic N) is 2. The van der Waals surface area contributed by atoms with Crippen LogP contribution in [0.1, 0.15) is 36.9 Å². The second-order valence-electron chi connectivity index (χ2n) is 6.70. The van der Waals surface area contributed by atoms with E-state index in [1.54, 1.807) is 19.1 Å². The van der Waals surface area contributed by atoms with Crippen LogP contribution in [0.25, 0.3) is 21.3 Å². The molecular weight excluding hydrogens is 379 g/mol. The standard InChI is InChI=1S/C21H23FN2O3S/c1-4-5-6-11-27-17(25)12-24-14(3)23-20-19(21(24)26)18(13(2)28-20)15-7-9-16(22)10-8-15/h7-10H,4-6,11-12H2,1-3H3. The lowest BCUT2D eigenvalue weighted by molar-refractivity contribution is -0.144. The fourth-order valence-electron chi connectivity index (χ4n) is 3.16. The number of rotatable bonds is 7. The molecule has 3 aromatic rings. The fourth-order valence-corrected chi connectivity index (χ4v) is 4.24. The van der Waals surface area contributed by atoms with Crippen LogP contribution in [-0.2, 0) is 16.1 Å². The molecule has 0 unspecified atom stereocenters. The van der Waals surface area contributed by atoms with Gasteiger partial charge in [0.15, 0.2) is 0 Å². The van der Waals surface area contributed by atoms with E-state index in [1.807, 2.05) is 6.92 Å². The zero-order valence-electron chi connectivity index (χ0n) is 16.3. The second-order valence-corrected chi connectivity index (χ2v) is 7.90. The molecule has 3 rings (SSSR count). The van der Waals surface area contributed by atoms with Gasteiger partial charge < -0.3 is 4.74 Å². The van der Waals surface area contributed by atoms with Crippen LogP contribution in [0.5, 0.6) is 0 Å². The molecule has 5 nitrogen and oxygen atoms in total. The number of aromatic nitrogens is 2. The van der Waals surface area contributed by atoms with Crippen molar-refractivity contribution in [1.82, 2.24) is 9.55 Å². The lowest BCUT2D eigenvalue weighted by Gasteiger charge is -2.10. The summed E-state index contributed by atoms with van der Waals surface area (Å²) in [7, 11) is 0. The summed E-state index contributed by atoms with van der Waals surface area (Å²) in [5.74, 6) is -0.314. The number of aryl methyl sites for hydroxylation is 2. The third-order valence-corrected chi connectivity index (χ3v) is 5.61. The van der Waals surface area contributed by atoms with E-state index in [2.05, 4.69) is 11.9 Å². The molecule has 0 N–H and O–H groups in total. The van der Waals surface area contributed by atoms with Gasteiger partial charge in [0.05, 0.1) is 12.0 Å². The van der Waals surface area contributed by atoms with Crippen molar-refractivity contribution in [1.29, 1.82) is 0 Å². The van der Waals surface area contributed by atoms with E-state index in [4.69, 9.17) is 4.74 Å². The topological polar surface area (TPSA) is 61.2 Å². The predicted molar refractivity (Wildman–Crippen MR) is 109 cm³/mol. The van der Waals surface area contributed by atoms with E-state index in [0.717, 1.165) is 35.3 Å². The molecule has 0 spiro atoms. The average Bonchev–Trinajstić information content (AvgIpc) is 2.99. The van der Waals surface area contributed by atoms with Crippen molar-refractivity contribution in [2.45, 2.75) is 46.6 Å². The van der Waals surface area contributed by atoms with Crippen LogP contribution in [-0.4, -0.2) is 22.1 Å². The molecule has 1 aromatic carbocycles. The number of unbranched alkanes of at least 4 members (excludes halogenated alkanes) is 2. The summed E-state index contributed by atoms with van der Waals surface area (Å²) in [4.78, 5) is 31.4. The first-order valence-electron chi connectivity index (χ1n) is 9.34. The summed E-state index contributed by atoms with van der Waals surface area (Å²) in [6.45, 7) is 5.88. The third kappa shape index (κ3) is 4.14. The molecule has 0 aliphatic carbocycles. The molecule has 0 aliphatic rings. The lowest BCUT2D eigenvalue weighted by atomic mass is 10.0. The van der Waals surface area contributed by atoms with Gasteiger partial charge in [-0.15, -0.1) is 11.3 Å². The van der Waals surface area contributed by atoms with Gasteiger partial charge in [0.2, 0.25) is 0 Å². The van der Waals surface area contributed by atoms with Gasteiger partial charge in [0, 0.05) is 10.4 Å². The van der Waals surface area contributed by atoms with Crippen molar-refractivity contribution in [3.8, 4) is 11.1 Å². The van der Waals surface area contributed by atoms with Crippen LogP contribution < -0.4 is 5.56 Å². The van der Waals surface area contributed by atoms with Gasteiger partial charge in [-0.3, -0.25) is 14.2 Å². The monoisotopic (exact) mass is 402 g/mol. The Labute approximate surface area is 166 Å². The molecule has 0 atom stereocenters. The molecule has 7 heteroatoms. The normalized spacial score (nSPS) is 11.1. The van der Waals surface area contributed by atoms with Crippen LogP contribution in [0.2, 0.25) is 0 Å². The molecule has 0 saturated heterocycles. The van der Waals surface area contributed by atoms with Crippen molar-refractivity contribution in [3.63, 3.8) is 0 Å².